The second-order valence-corrected chi connectivity index (χ2v) is 6.78. The van der Waals surface area contributed by atoms with Crippen molar-refractivity contribution in [3.8, 4) is 23.0 Å². The standard InChI is InChI=1S/C19H20ClNO4/c1-12-8-21(9-13-3-4-15(22-2)6-17(13)25-12)10-14-5-18-19(7-16(14)20)24-11-23-18/h3-7,12H,8-11H2,1-2H3. The summed E-state index contributed by atoms with van der Waals surface area (Å²) >= 11 is 6.43. The summed E-state index contributed by atoms with van der Waals surface area (Å²) in [5.41, 5.74) is 2.16. The molecule has 1 atom stereocenters. The first-order valence-electron chi connectivity index (χ1n) is 8.26. The molecular weight excluding hydrogens is 342 g/mol. The fraction of sp³-hybridized carbons (Fsp3) is 0.368. The van der Waals surface area contributed by atoms with Gasteiger partial charge in [0.2, 0.25) is 6.79 Å². The van der Waals surface area contributed by atoms with Crippen LogP contribution in [0.3, 0.4) is 0 Å². The van der Waals surface area contributed by atoms with Crippen molar-refractivity contribution in [2.75, 3.05) is 20.4 Å². The third-order valence-electron chi connectivity index (χ3n) is 4.45. The van der Waals surface area contributed by atoms with Crippen LogP contribution in [0.25, 0.3) is 0 Å². The summed E-state index contributed by atoms with van der Waals surface area (Å²) in [6.45, 7) is 4.63. The van der Waals surface area contributed by atoms with E-state index in [4.69, 9.17) is 30.5 Å². The molecule has 0 aromatic heterocycles. The lowest BCUT2D eigenvalue weighted by Crippen LogP contribution is -2.30. The van der Waals surface area contributed by atoms with Crippen LogP contribution in [0.1, 0.15) is 18.1 Å². The van der Waals surface area contributed by atoms with Crippen LogP contribution in [0.15, 0.2) is 30.3 Å². The monoisotopic (exact) mass is 361 g/mol. The van der Waals surface area contributed by atoms with Gasteiger partial charge in [0.05, 0.1) is 7.11 Å². The van der Waals surface area contributed by atoms with Crippen LogP contribution in [0.5, 0.6) is 23.0 Å². The maximum atomic E-state index is 6.43. The SMILES string of the molecule is COc1ccc2c(c1)OC(C)CN(Cc1cc3c(cc1Cl)OCO3)C2. The van der Waals surface area contributed by atoms with Crippen molar-refractivity contribution in [3.63, 3.8) is 0 Å². The number of benzene rings is 2. The minimum absolute atomic E-state index is 0.0705. The van der Waals surface area contributed by atoms with Gasteiger partial charge in [0, 0.05) is 42.4 Å². The number of methoxy groups -OCH3 is 1. The molecule has 0 fully saturated rings. The van der Waals surface area contributed by atoms with Crippen molar-refractivity contribution >= 4 is 11.6 Å². The Morgan fingerprint density at radius 2 is 1.96 bits per heavy atom. The van der Waals surface area contributed by atoms with E-state index < -0.39 is 0 Å². The fourth-order valence-electron chi connectivity index (χ4n) is 3.27. The first-order valence-corrected chi connectivity index (χ1v) is 8.64. The lowest BCUT2D eigenvalue weighted by Gasteiger charge is -2.22. The number of halogens is 1. The van der Waals surface area contributed by atoms with Gasteiger partial charge >= 0.3 is 0 Å². The van der Waals surface area contributed by atoms with Crippen LogP contribution in [0.2, 0.25) is 5.02 Å². The summed E-state index contributed by atoms with van der Waals surface area (Å²) in [7, 11) is 1.66. The second kappa shape index (κ2) is 6.65. The Hall–Kier alpha value is -2.11. The predicted molar refractivity (Wildman–Crippen MR) is 94.8 cm³/mol. The van der Waals surface area contributed by atoms with Gasteiger partial charge in [0.25, 0.3) is 0 Å². The molecule has 1 unspecified atom stereocenters. The van der Waals surface area contributed by atoms with Crippen molar-refractivity contribution < 1.29 is 18.9 Å². The molecule has 0 N–H and O–H groups in total. The lowest BCUT2D eigenvalue weighted by atomic mass is 10.1. The average Bonchev–Trinajstić information content (AvgIpc) is 2.96. The first kappa shape index (κ1) is 16.4. The topological polar surface area (TPSA) is 40.2 Å². The Morgan fingerprint density at radius 1 is 1.16 bits per heavy atom. The van der Waals surface area contributed by atoms with Crippen molar-refractivity contribution in [2.24, 2.45) is 0 Å². The minimum atomic E-state index is 0.0705. The molecular formula is C19H20ClNO4. The van der Waals surface area contributed by atoms with E-state index in [0.717, 1.165) is 41.5 Å². The summed E-state index contributed by atoms with van der Waals surface area (Å²) in [4.78, 5) is 2.33. The molecule has 2 heterocycles. The molecule has 2 aliphatic rings. The second-order valence-electron chi connectivity index (χ2n) is 6.37. The smallest absolute Gasteiger partial charge is 0.231 e. The van der Waals surface area contributed by atoms with Gasteiger partial charge in [-0.3, -0.25) is 4.90 Å². The molecule has 5 nitrogen and oxygen atoms in total. The summed E-state index contributed by atoms with van der Waals surface area (Å²) in [5, 5.41) is 0.692. The zero-order valence-corrected chi connectivity index (χ0v) is 15.0. The fourth-order valence-corrected chi connectivity index (χ4v) is 3.48. The Balaban J connectivity index is 1.58. The van der Waals surface area contributed by atoms with Crippen LogP contribution in [0.4, 0.5) is 0 Å². The number of ether oxygens (including phenoxy) is 4. The highest BCUT2D eigenvalue weighted by molar-refractivity contribution is 6.31. The molecule has 0 amide bonds. The zero-order chi connectivity index (χ0) is 17.4. The third-order valence-corrected chi connectivity index (χ3v) is 4.80. The van der Waals surface area contributed by atoms with Gasteiger partial charge in [0.1, 0.15) is 17.6 Å². The van der Waals surface area contributed by atoms with Gasteiger partial charge in [-0.1, -0.05) is 17.7 Å². The van der Waals surface area contributed by atoms with Gasteiger partial charge < -0.3 is 18.9 Å². The maximum Gasteiger partial charge on any atom is 0.231 e. The molecule has 0 saturated heterocycles. The molecule has 2 aromatic carbocycles. The lowest BCUT2D eigenvalue weighted by molar-refractivity contribution is 0.156. The Kier molecular flexibility index (Phi) is 4.36. The van der Waals surface area contributed by atoms with Gasteiger partial charge in [0.15, 0.2) is 11.5 Å². The van der Waals surface area contributed by atoms with E-state index >= 15 is 0 Å². The van der Waals surface area contributed by atoms with Gasteiger partial charge in [-0.05, 0) is 24.6 Å². The summed E-state index contributed by atoms with van der Waals surface area (Å²) in [6, 6.07) is 9.76. The summed E-state index contributed by atoms with van der Waals surface area (Å²) in [5.74, 6) is 3.15. The predicted octanol–water partition coefficient (Wildman–Crippen LogP) is 3.86. The Labute approximate surface area is 152 Å². The molecule has 132 valence electrons. The normalized spacial score (nSPS) is 19.1. The third kappa shape index (κ3) is 3.34. The van der Waals surface area contributed by atoms with Crippen molar-refractivity contribution in [2.45, 2.75) is 26.1 Å². The molecule has 0 bridgehead atoms. The van der Waals surface area contributed by atoms with Crippen molar-refractivity contribution in [1.82, 2.24) is 4.90 Å². The number of rotatable bonds is 3. The van der Waals surface area contributed by atoms with Crippen LogP contribution >= 0.6 is 11.6 Å². The molecule has 2 aromatic rings. The first-order chi connectivity index (χ1) is 12.1. The van der Waals surface area contributed by atoms with Gasteiger partial charge in [-0.2, -0.15) is 0 Å². The highest BCUT2D eigenvalue weighted by atomic mass is 35.5. The van der Waals surface area contributed by atoms with Crippen molar-refractivity contribution in [3.05, 3.63) is 46.5 Å². The molecule has 0 radical (unpaired) electrons. The van der Waals surface area contributed by atoms with Crippen LogP contribution < -0.4 is 18.9 Å². The van der Waals surface area contributed by atoms with E-state index in [1.807, 2.05) is 24.3 Å². The quantitative estimate of drug-likeness (QED) is 0.830. The molecule has 0 aliphatic carbocycles. The highest BCUT2D eigenvalue weighted by Gasteiger charge is 2.23. The molecule has 25 heavy (non-hydrogen) atoms. The van der Waals surface area contributed by atoms with Crippen LogP contribution in [0, 0.1) is 0 Å². The van der Waals surface area contributed by atoms with E-state index in [0.29, 0.717) is 17.3 Å². The molecule has 4 rings (SSSR count). The van der Waals surface area contributed by atoms with E-state index in [1.165, 1.54) is 0 Å². The maximum absolute atomic E-state index is 6.43. The van der Waals surface area contributed by atoms with E-state index in [-0.39, 0.29) is 12.9 Å². The highest BCUT2D eigenvalue weighted by Crippen LogP contribution is 2.38. The summed E-state index contributed by atoms with van der Waals surface area (Å²) < 4.78 is 22.2. The van der Waals surface area contributed by atoms with Gasteiger partial charge in [-0.15, -0.1) is 0 Å². The Bertz CT molecular complexity index is 795. The number of hydrogen-bond acceptors (Lipinski definition) is 5. The molecule has 0 spiro atoms. The van der Waals surface area contributed by atoms with E-state index in [1.54, 1.807) is 7.11 Å². The number of nitrogens with zero attached hydrogens (tertiary/aromatic N) is 1. The molecule has 2 aliphatic heterocycles. The van der Waals surface area contributed by atoms with E-state index in [2.05, 4.69) is 17.9 Å². The van der Waals surface area contributed by atoms with Crippen molar-refractivity contribution in [1.29, 1.82) is 0 Å². The van der Waals surface area contributed by atoms with E-state index in [9.17, 15) is 0 Å². The average molecular weight is 362 g/mol. The van der Waals surface area contributed by atoms with Crippen LogP contribution in [-0.4, -0.2) is 31.5 Å². The Morgan fingerprint density at radius 3 is 2.76 bits per heavy atom. The minimum Gasteiger partial charge on any atom is -0.497 e. The number of hydrogen-bond donors (Lipinski definition) is 0. The summed E-state index contributed by atoms with van der Waals surface area (Å²) in [6.07, 6.45) is 0.0705. The van der Waals surface area contributed by atoms with Crippen LogP contribution in [-0.2, 0) is 13.1 Å². The number of fused-ring (bicyclic) bond motifs is 2. The largest absolute Gasteiger partial charge is 0.497 e. The molecule has 6 heteroatoms. The zero-order valence-electron chi connectivity index (χ0n) is 14.3. The molecule has 0 saturated carbocycles. The van der Waals surface area contributed by atoms with Gasteiger partial charge in [-0.25, -0.2) is 0 Å².